The normalized spacial score (nSPS) is 11.4. The Morgan fingerprint density at radius 3 is 1.03 bits per heavy atom. The van der Waals surface area contributed by atoms with E-state index in [2.05, 4.69) is 0 Å². The number of hydrogen-bond acceptors (Lipinski definition) is 2. The van der Waals surface area contributed by atoms with Crippen LogP contribution in [0.1, 0.15) is 161 Å². The van der Waals surface area contributed by atoms with Crippen LogP contribution in [-0.2, 0) is 9.59 Å². The van der Waals surface area contributed by atoms with Crippen LogP contribution in [0.2, 0.25) is 0 Å². The molecule has 0 aliphatic carbocycles. The summed E-state index contributed by atoms with van der Waals surface area (Å²) in [6, 6.07) is 0. The molecule has 0 saturated carbocycles. The molecule has 0 heterocycles. The molecule has 0 atom stereocenters. The van der Waals surface area contributed by atoms with Gasteiger partial charge in [0.15, 0.2) is 0 Å². The number of rotatable bonds is 27. The van der Waals surface area contributed by atoms with E-state index in [1.54, 1.807) is 0 Å². The van der Waals surface area contributed by atoms with Crippen molar-refractivity contribution in [2.75, 3.05) is 0 Å². The van der Waals surface area contributed by atoms with E-state index in [1.165, 1.54) is 141 Å². The van der Waals surface area contributed by atoms with Crippen LogP contribution in [0.3, 0.4) is 0 Å². The lowest BCUT2D eigenvalue weighted by atomic mass is 10.0. The zero-order chi connectivity index (χ0) is 24.2. The second kappa shape index (κ2) is 26.9. The summed E-state index contributed by atoms with van der Waals surface area (Å²) in [5, 5.41) is 8.60. The zero-order valence-electron chi connectivity index (χ0n) is 21.7. The van der Waals surface area contributed by atoms with Crippen molar-refractivity contribution in [3.8, 4) is 0 Å². The van der Waals surface area contributed by atoms with Crippen molar-refractivity contribution in [2.45, 2.75) is 161 Å². The Kier molecular flexibility index (Phi) is 25.9. The number of primary amides is 1. The van der Waals surface area contributed by atoms with Crippen LogP contribution >= 0.6 is 0 Å². The Morgan fingerprint density at radius 1 is 0.485 bits per heavy atom. The smallest absolute Gasteiger partial charge is 0.303 e. The maximum atomic E-state index is 10.6. The monoisotopic (exact) mass is 465 g/mol. The van der Waals surface area contributed by atoms with Gasteiger partial charge in [0.25, 0.3) is 0 Å². The molecule has 194 valence electrons. The van der Waals surface area contributed by atoms with Crippen LogP contribution in [0.25, 0.3) is 0 Å². The van der Waals surface area contributed by atoms with Crippen LogP contribution < -0.4 is 5.73 Å². The van der Waals surface area contributed by atoms with Crippen LogP contribution in [0.4, 0.5) is 0 Å². The van der Waals surface area contributed by atoms with Crippen molar-refractivity contribution < 1.29 is 14.7 Å². The summed E-state index contributed by atoms with van der Waals surface area (Å²) in [4.78, 5) is 21.0. The van der Waals surface area contributed by atoms with Crippen LogP contribution in [0, 0.1) is 0 Å². The summed E-state index contributed by atoms with van der Waals surface area (Å²) in [6.07, 6.45) is 35.2. The Hall–Kier alpha value is -1.32. The van der Waals surface area contributed by atoms with Gasteiger partial charge in [-0.05, 0) is 25.3 Å². The van der Waals surface area contributed by atoms with E-state index in [1.807, 2.05) is 6.08 Å². The van der Waals surface area contributed by atoms with Gasteiger partial charge in [0, 0.05) is 6.42 Å². The lowest BCUT2D eigenvalue weighted by molar-refractivity contribution is -0.137. The fraction of sp³-hybridized carbons (Fsp3) is 0.862. The SMILES string of the molecule is NC(=O)C=CCCCCCCCCCCCCCCCCCCCCCCCCCC(=O)O. The Balaban J connectivity index is 3.05. The van der Waals surface area contributed by atoms with Crippen molar-refractivity contribution in [1.29, 1.82) is 0 Å². The van der Waals surface area contributed by atoms with Gasteiger partial charge >= 0.3 is 5.97 Å². The number of allylic oxidation sites excluding steroid dienone is 1. The zero-order valence-corrected chi connectivity index (χ0v) is 21.7. The molecule has 0 aromatic heterocycles. The third kappa shape index (κ3) is 30.7. The summed E-state index contributed by atoms with van der Waals surface area (Å²) in [5.74, 6) is -0.998. The molecule has 3 N–H and O–H groups in total. The molecule has 33 heavy (non-hydrogen) atoms. The molecular formula is C29H55NO3. The first-order valence-electron chi connectivity index (χ1n) is 14.3. The van der Waals surface area contributed by atoms with Gasteiger partial charge in [-0.1, -0.05) is 141 Å². The van der Waals surface area contributed by atoms with Crippen LogP contribution in [-0.4, -0.2) is 17.0 Å². The molecule has 0 aromatic carbocycles. The van der Waals surface area contributed by atoms with Crippen molar-refractivity contribution >= 4 is 11.9 Å². The van der Waals surface area contributed by atoms with E-state index in [4.69, 9.17) is 10.8 Å². The number of unbranched alkanes of at least 4 members (excludes halogenated alkanes) is 23. The molecule has 0 fully saturated rings. The molecule has 0 aromatic rings. The van der Waals surface area contributed by atoms with E-state index in [-0.39, 0.29) is 5.91 Å². The third-order valence-corrected chi connectivity index (χ3v) is 6.54. The minimum Gasteiger partial charge on any atom is -0.481 e. The van der Waals surface area contributed by atoms with E-state index in [0.717, 1.165) is 19.3 Å². The molecular weight excluding hydrogens is 410 g/mol. The lowest BCUT2D eigenvalue weighted by Gasteiger charge is -2.04. The number of amides is 1. The highest BCUT2D eigenvalue weighted by Gasteiger charge is 1.98. The Labute approximate surface area is 205 Å². The molecule has 0 spiro atoms. The molecule has 1 amide bonds. The molecule has 0 unspecified atom stereocenters. The predicted molar refractivity (Wildman–Crippen MR) is 141 cm³/mol. The summed E-state index contributed by atoms with van der Waals surface area (Å²) in [7, 11) is 0. The standard InChI is InChI=1S/C29H55NO3/c30-28(31)26-24-22-20-18-16-14-12-10-8-6-4-2-1-3-5-7-9-11-13-15-17-19-21-23-25-27-29(32)33/h24,26H,1-23,25,27H2,(H2,30,31)(H,32,33). The Morgan fingerprint density at radius 2 is 0.758 bits per heavy atom. The topological polar surface area (TPSA) is 80.4 Å². The van der Waals surface area contributed by atoms with E-state index < -0.39 is 5.97 Å². The summed E-state index contributed by atoms with van der Waals surface area (Å²) in [6.45, 7) is 0. The number of nitrogens with two attached hydrogens (primary N) is 1. The van der Waals surface area contributed by atoms with Crippen LogP contribution in [0.5, 0.6) is 0 Å². The maximum absolute atomic E-state index is 10.6. The van der Waals surface area contributed by atoms with Gasteiger partial charge in [-0.15, -0.1) is 0 Å². The first-order chi connectivity index (χ1) is 16.1. The first kappa shape index (κ1) is 31.7. The van der Waals surface area contributed by atoms with Crippen molar-refractivity contribution in [3.63, 3.8) is 0 Å². The molecule has 0 rings (SSSR count). The number of carboxylic acid groups (broad SMARTS) is 1. The second-order valence-electron chi connectivity index (χ2n) is 9.87. The molecule has 0 radical (unpaired) electrons. The summed E-state index contributed by atoms with van der Waals surface area (Å²) < 4.78 is 0. The average Bonchev–Trinajstić information content (AvgIpc) is 2.78. The molecule has 0 saturated heterocycles. The Bertz CT molecular complexity index is 462. The van der Waals surface area contributed by atoms with Gasteiger partial charge in [0.05, 0.1) is 0 Å². The average molecular weight is 466 g/mol. The van der Waals surface area contributed by atoms with E-state index >= 15 is 0 Å². The second-order valence-corrected chi connectivity index (χ2v) is 9.87. The van der Waals surface area contributed by atoms with Gasteiger partial charge in [-0.25, -0.2) is 0 Å². The van der Waals surface area contributed by atoms with Crippen molar-refractivity contribution in [1.82, 2.24) is 0 Å². The highest BCUT2D eigenvalue weighted by atomic mass is 16.4. The third-order valence-electron chi connectivity index (χ3n) is 6.54. The van der Waals surface area contributed by atoms with Crippen molar-refractivity contribution in [3.05, 3.63) is 12.2 Å². The number of carboxylic acids is 1. The fourth-order valence-electron chi connectivity index (χ4n) is 4.45. The minimum atomic E-state index is -0.658. The number of carbonyl (C=O) groups is 2. The molecule has 4 nitrogen and oxygen atoms in total. The fourth-order valence-corrected chi connectivity index (χ4v) is 4.45. The maximum Gasteiger partial charge on any atom is 0.303 e. The molecule has 0 aliphatic rings. The lowest BCUT2D eigenvalue weighted by Crippen LogP contribution is -2.05. The van der Waals surface area contributed by atoms with Gasteiger partial charge in [-0.3, -0.25) is 9.59 Å². The largest absolute Gasteiger partial charge is 0.481 e. The van der Waals surface area contributed by atoms with Gasteiger partial charge in [0.2, 0.25) is 5.91 Å². The van der Waals surface area contributed by atoms with Gasteiger partial charge < -0.3 is 10.8 Å². The highest BCUT2D eigenvalue weighted by molar-refractivity contribution is 5.85. The number of hydrogen-bond donors (Lipinski definition) is 2. The van der Waals surface area contributed by atoms with Crippen molar-refractivity contribution in [2.24, 2.45) is 5.73 Å². The quantitative estimate of drug-likeness (QED) is 0.0938. The summed E-state index contributed by atoms with van der Waals surface area (Å²) in [5.41, 5.74) is 5.06. The number of carbonyl (C=O) groups excluding carboxylic acids is 1. The summed E-state index contributed by atoms with van der Waals surface area (Å²) >= 11 is 0. The predicted octanol–water partition coefficient (Wildman–Crippen LogP) is 8.87. The molecule has 0 aliphatic heterocycles. The first-order valence-corrected chi connectivity index (χ1v) is 14.3. The van der Waals surface area contributed by atoms with Gasteiger partial charge in [-0.2, -0.15) is 0 Å². The number of aliphatic carboxylic acids is 1. The molecule has 4 heteroatoms. The highest BCUT2D eigenvalue weighted by Crippen LogP contribution is 2.15. The van der Waals surface area contributed by atoms with E-state index in [9.17, 15) is 9.59 Å². The van der Waals surface area contributed by atoms with Gasteiger partial charge in [0.1, 0.15) is 0 Å². The minimum absolute atomic E-state index is 0.336. The van der Waals surface area contributed by atoms with E-state index in [0.29, 0.717) is 6.42 Å². The molecule has 0 bridgehead atoms. The van der Waals surface area contributed by atoms with Crippen LogP contribution in [0.15, 0.2) is 12.2 Å².